The van der Waals surface area contributed by atoms with Crippen molar-refractivity contribution in [1.29, 1.82) is 0 Å². The van der Waals surface area contributed by atoms with E-state index in [1.165, 1.54) is 57.5 Å². The van der Waals surface area contributed by atoms with E-state index in [1.54, 1.807) is 0 Å². The summed E-state index contributed by atoms with van der Waals surface area (Å²) in [6.07, 6.45) is 13.5. The van der Waals surface area contributed by atoms with Gasteiger partial charge < -0.3 is 9.64 Å². The van der Waals surface area contributed by atoms with Crippen LogP contribution in [0.5, 0.6) is 5.75 Å². The van der Waals surface area contributed by atoms with Crippen LogP contribution in [0.15, 0.2) is 127 Å². The van der Waals surface area contributed by atoms with Crippen molar-refractivity contribution in [2.45, 2.75) is 53.4 Å². The number of nitrogens with zero attached hydrogens (tertiary/aromatic N) is 1. The Hall–Kier alpha value is -5.08. The van der Waals surface area contributed by atoms with Gasteiger partial charge in [0.15, 0.2) is 0 Å². The summed E-state index contributed by atoms with van der Waals surface area (Å²) in [7, 11) is 0. The van der Waals surface area contributed by atoms with Gasteiger partial charge in [0.1, 0.15) is 5.75 Å². The number of hydrogen-bond donors (Lipinski definition) is 0. The zero-order valence-corrected chi connectivity index (χ0v) is 28.8. The molecule has 2 heteroatoms. The van der Waals surface area contributed by atoms with Crippen LogP contribution < -0.4 is 9.64 Å². The van der Waals surface area contributed by atoms with Gasteiger partial charge >= 0.3 is 0 Å². The normalized spacial score (nSPS) is 12.3. The lowest BCUT2D eigenvalue weighted by atomic mass is 9.99. The molecule has 0 bridgehead atoms. The van der Waals surface area contributed by atoms with E-state index in [0.717, 1.165) is 41.4 Å². The van der Waals surface area contributed by atoms with Crippen molar-refractivity contribution in [3.05, 3.63) is 150 Å². The third-order valence-electron chi connectivity index (χ3n) is 9.24. The lowest BCUT2D eigenvalue weighted by Gasteiger charge is -2.26. The van der Waals surface area contributed by atoms with Crippen LogP contribution in [0, 0.1) is 12.8 Å². The van der Waals surface area contributed by atoms with Crippen molar-refractivity contribution in [2.24, 2.45) is 5.92 Å². The van der Waals surface area contributed by atoms with Gasteiger partial charge in [-0.3, -0.25) is 0 Å². The number of allylic oxidation sites excluding steroid dienone is 1. The van der Waals surface area contributed by atoms with E-state index in [2.05, 4.69) is 178 Å². The predicted octanol–water partition coefficient (Wildman–Crippen LogP) is 13.6. The van der Waals surface area contributed by atoms with Crippen LogP contribution in [-0.2, 0) is 0 Å². The third kappa shape index (κ3) is 8.06. The van der Waals surface area contributed by atoms with Gasteiger partial charge in [-0.25, -0.2) is 0 Å². The van der Waals surface area contributed by atoms with Gasteiger partial charge in [0.2, 0.25) is 0 Å². The second kappa shape index (κ2) is 15.7. The average molecular weight is 630 g/mol. The van der Waals surface area contributed by atoms with E-state index in [9.17, 15) is 0 Å². The van der Waals surface area contributed by atoms with Crippen LogP contribution in [0.1, 0.15) is 68.7 Å². The fourth-order valence-corrected chi connectivity index (χ4v) is 6.31. The number of unbranched alkanes of at least 4 members (excludes halogenated alkanes) is 1. The summed E-state index contributed by atoms with van der Waals surface area (Å²) in [6.45, 7) is 9.48. The number of anilines is 3. The predicted molar refractivity (Wildman–Crippen MR) is 210 cm³/mol. The average Bonchev–Trinajstić information content (AvgIpc) is 3.12. The molecule has 0 heterocycles. The summed E-state index contributed by atoms with van der Waals surface area (Å²) in [5.41, 5.74) is 8.19. The van der Waals surface area contributed by atoms with Gasteiger partial charge in [-0.05, 0) is 137 Å². The van der Waals surface area contributed by atoms with E-state index in [4.69, 9.17) is 4.74 Å². The minimum absolute atomic E-state index is 0.611. The largest absolute Gasteiger partial charge is 0.493 e. The number of ether oxygens (including phenoxy) is 1. The first-order chi connectivity index (χ1) is 23.5. The van der Waals surface area contributed by atoms with Crippen molar-refractivity contribution in [1.82, 2.24) is 0 Å². The Bertz CT molecular complexity index is 2000. The van der Waals surface area contributed by atoms with Gasteiger partial charge in [-0.1, -0.05) is 112 Å². The highest BCUT2D eigenvalue weighted by molar-refractivity contribution is 5.99. The molecule has 1 atom stereocenters. The first-order valence-electron chi connectivity index (χ1n) is 17.5. The smallest absolute Gasteiger partial charge is 0.119 e. The van der Waals surface area contributed by atoms with Crippen molar-refractivity contribution in [3.63, 3.8) is 0 Å². The molecule has 6 aromatic rings. The van der Waals surface area contributed by atoms with E-state index in [0.29, 0.717) is 5.92 Å². The molecule has 1 unspecified atom stereocenters. The van der Waals surface area contributed by atoms with Crippen LogP contribution in [0.4, 0.5) is 17.1 Å². The van der Waals surface area contributed by atoms with Crippen molar-refractivity contribution in [2.75, 3.05) is 11.5 Å². The van der Waals surface area contributed by atoms with Crippen LogP contribution >= 0.6 is 0 Å². The first kappa shape index (κ1) is 32.8. The van der Waals surface area contributed by atoms with Crippen molar-refractivity contribution < 1.29 is 4.74 Å². The van der Waals surface area contributed by atoms with Gasteiger partial charge in [0.05, 0.1) is 6.61 Å². The molecule has 0 aliphatic heterocycles. The molecular formula is C46H47NO. The van der Waals surface area contributed by atoms with Crippen molar-refractivity contribution in [3.8, 4) is 5.75 Å². The highest BCUT2D eigenvalue weighted by atomic mass is 16.5. The highest BCUT2D eigenvalue weighted by Gasteiger charge is 2.13. The standard InChI is InChI=1S/C46H47NO/c1-5-8-10-35(7-3)33-48-46-27-25-45(26-28-46)47(43-21-11-34(4)12-22-43)44-23-17-36(18-24-44)13-14-38-16-20-40-31-41-29-37(9-6-2)15-19-39(41)32-42(40)30-38/h6,9,11-32,35H,5,7-8,10,33H2,1-4H3. The molecule has 0 aliphatic carbocycles. The van der Waals surface area contributed by atoms with E-state index in [-0.39, 0.29) is 0 Å². The topological polar surface area (TPSA) is 12.5 Å². The molecule has 0 saturated heterocycles. The summed E-state index contributed by atoms with van der Waals surface area (Å²) >= 11 is 0. The maximum atomic E-state index is 6.22. The Morgan fingerprint density at radius 1 is 0.583 bits per heavy atom. The highest BCUT2D eigenvalue weighted by Crippen LogP contribution is 2.36. The number of benzene rings is 6. The van der Waals surface area contributed by atoms with Gasteiger partial charge in [-0.2, -0.15) is 0 Å². The Balaban J connectivity index is 1.20. The van der Waals surface area contributed by atoms with Gasteiger partial charge in [0.25, 0.3) is 0 Å². The van der Waals surface area contributed by atoms with E-state index < -0.39 is 0 Å². The van der Waals surface area contributed by atoms with Crippen molar-refractivity contribution >= 4 is 56.8 Å². The number of hydrogen-bond acceptors (Lipinski definition) is 2. The molecule has 48 heavy (non-hydrogen) atoms. The van der Waals surface area contributed by atoms with Crippen LogP contribution in [0.2, 0.25) is 0 Å². The van der Waals surface area contributed by atoms with E-state index >= 15 is 0 Å². The Kier molecular flexibility index (Phi) is 10.7. The monoisotopic (exact) mass is 629 g/mol. The van der Waals surface area contributed by atoms with Crippen LogP contribution in [0.3, 0.4) is 0 Å². The Morgan fingerprint density at radius 2 is 1.10 bits per heavy atom. The lowest BCUT2D eigenvalue weighted by Crippen LogP contribution is -2.12. The molecule has 0 fully saturated rings. The summed E-state index contributed by atoms with van der Waals surface area (Å²) in [4.78, 5) is 2.31. The molecule has 0 aliphatic rings. The molecule has 242 valence electrons. The Labute approximate surface area is 287 Å². The Morgan fingerprint density at radius 3 is 1.67 bits per heavy atom. The molecule has 2 nitrogen and oxygen atoms in total. The van der Waals surface area contributed by atoms with E-state index in [1.807, 2.05) is 0 Å². The third-order valence-corrected chi connectivity index (χ3v) is 9.24. The summed E-state index contributed by atoms with van der Waals surface area (Å²) in [5, 5.41) is 5.05. The fourth-order valence-electron chi connectivity index (χ4n) is 6.31. The maximum absolute atomic E-state index is 6.22. The minimum atomic E-state index is 0.611. The fraction of sp³-hybridized carbons (Fsp3) is 0.217. The summed E-state index contributed by atoms with van der Waals surface area (Å²) in [5.74, 6) is 1.54. The van der Waals surface area contributed by atoms with Crippen LogP contribution in [0.25, 0.3) is 39.8 Å². The number of aryl methyl sites for hydroxylation is 1. The summed E-state index contributed by atoms with van der Waals surface area (Å²) < 4.78 is 6.22. The molecule has 6 aromatic carbocycles. The zero-order chi connectivity index (χ0) is 33.3. The lowest BCUT2D eigenvalue weighted by molar-refractivity contribution is 0.233. The number of rotatable bonds is 13. The van der Waals surface area contributed by atoms with Gasteiger partial charge in [-0.15, -0.1) is 0 Å². The first-order valence-corrected chi connectivity index (χ1v) is 17.5. The number of fused-ring (bicyclic) bond motifs is 2. The van der Waals surface area contributed by atoms with Gasteiger partial charge in [0, 0.05) is 17.1 Å². The zero-order valence-electron chi connectivity index (χ0n) is 28.8. The second-order valence-corrected chi connectivity index (χ2v) is 12.9. The molecule has 0 radical (unpaired) electrons. The maximum Gasteiger partial charge on any atom is 0.119 e. The molecule has 0 aromatic heterocycles. The molecular weight excluding hydrogens is 583 g/mol. The molecule has 0 amide bonds. The minimum Gasteiger partial charge on any atom is -0.493 e. The second-order valence-electron chi connectivity index (χ2n) is 12.9. The molecule has 0 spiro atoms. The quantitative estimate of drug-likeness (QED) is 0.0931. The summed E-state index contributed by atoms with van der Waals surface area (Å²) in [6, 6.07) is 44.0. The molecule has 0 N–H and O–H groups in total. The molecule has 0 saturated carbocycles. The SMILES string of the molecule is CC=Cc1ccc2cc3cc(C=Cc4ccc(N(c5ccc(C)cc5)c5ccc(OCC(CC)CCCC)cc5)cc4)ccc3cc2c1. The molecule has 6 rings (SSSR count). The van der Waals surface area contributed by atoms with Crippen LogP contribution in [-0.4, -0.2) is 6.61 Å².